The Morgan fingerprint density at radius 2 is 2.17 bits per heavy atom. The molecule has 1 aromatic heterocycles. The first-order valence-corrected chi connectivity index (χ1v) is 6.48. The Balaban J connectivity index is 2.58. The molecule has 0 fully saturated rings. The van der Waals surface area contributed by atoms with Gasteiger partial charge in [0.05, 0.1) is 6.10 Å². The maximum atomic E-state index is 12.0. The summed E-state index contributed by atoms with van der Waals surface area (Å²) < 4.78 is 1.68. The lowest BCUT2D eigenvalue weighted by Gasteiger charge is -2.11. The van der Waals surface area contributed by atoms with Crippen LogP contribution in [-0.4, -0.2) is 27.3 Å². The lowest BCUT2D eigenvalue weighted by Crippen LogP contribution is -2.26. The zero-order valence-electron chi connectivity index (χ0n) is 11.4. The number of nitrogens with zero attached hydrogens (tertiary/aromatic N) is 2. The quantitative estimate of drug-likeness (QED) is 0.722. The zero-order chi connectivity index (χ0) is 13.5. The molecule has 18 heavy (non-hydrogen) atoms. The topological polar surface area (TPSA) is 67.2 Å². The van der Waals surface area contributed by atoms with E-state index in [0.29, 0.717) is 24.8 Å². The summed E-state index contributed by atoms with van der Waals surface area (Å²) in [6, 6.07) is 0. The smallest absolute Gasteiger partial charge is 0.293 e. The minimum absolute atomic E-state index is 0.0803. The summed E-state index contributed by atoms with van der Waals surface area (Å²) >= 11 is 0. The molecule has 0 aliphatic carbocycles. The van der Waals surface area contributed by atoms with E-state index in [-0.39, 0.29) is 11.7 Å². The second-order valence-electron chi connectivity index (χ2n) is 5.05. The van der Waals surface area contributed by atoms with Gasteiger partial charge in [-0.05, 0) is 25.7 Å². The number of nitrogens with one attached hydrogen (secondary N) is 1. The van der Waals surface area contributed by atoms with Gasteiger partial charge in [0, 0.05) is 25.5 Å². The SMILES string of the molecule is CC(C)Cn1ccnc(NCCCC(C)O)c1=O. The first-order valence-electron chi connectivity index (χ1n) is 6.48. The van der Waals surface area contributed by atoms with Gasteiger partial charge in [0.15, 0.2) is 5.82 Å². The van der Waals surface area contributed by atoms with Gasteiger partial charge in [-0.25, -0.2) is 4.98 Å². The molecule has 1 aromatic rings. The lowest BCUT2D eigenvalue weighted by molar-refractivity contribution is 0.183. The molecule has 0 aliphatic heterocycles. The van der Waals surface area contributed by atoms with Gasteiger partial charge in [-0.2, -0.15) is 0 Å². The lowest BCUT2D eigenvalue weighted by atomic mass is 10.2. The molecule has 0 bridgehead atoms. The Bertz CT molecular complexity index is 413. The van der Waals surface area contributed by atoms with Crippen molar-refractivity contribution >= 4 is 5.82 Å². The molecule has 5 nitrogen and oxygen atoms in total. The summed E-state index contributed by atoms with van der Waals surface area (Å²) in [5.74, 6) is 0.817. The van der Waals surface area contributed by atoms with Gasteiger partial charge in [0.1, 0.15) is 0 Å². The number of aliphatic hydroxyl groups is 1. The van der Waals surface area contributed by atoms with E-state index in [2.05, 4.69) is 24.1 Å². The first-order chi connectivity index (χ1) is 8.50. The third kappa shape index (κ3) is 4.87. The van der Waals surface area contributed by atoms with Crippen LogP contribution in [0.15, 0.2) is 17.2 Å². The van der Waals surface area contributed by atoms with Crippen LogP contribution in [0.1, 0.15) is 33.6 Å². The number of anilines is 1. The maximum absolute atomic E-state index is 12.0. The molecule has 0 saturated heterocycles. The van der Waals surface area contributed by atoms with E-state index in [0.717, 1.165) is 12.8 Å². The predicted octanol–water partition coefficient (Wildman–Crippen LogP) is 1.47. The van der Waals surface area contributed by atoms with Gasteiger partial charge in [-0.1, -0.05) is 13.8 Å². The van der Waals surface area contributed by atoms with Crippen LogP contribution in [0.5, 0.6) is 0 Å². The molecule has 5 heteroatoms. The van der Waals surface area contributed by atoms with Crippen LogP contribution in [0, 0.1) is 5.92 Å². The van der Waals surface area contributed by atoms with E-state index < -0.39 is 0 Å². The summed E-state index contributed by atoms with van der Waals surface area (Å²) in [6.07, 6.45) is 4.59. The minimum Gasteiger partial charge on any atom is -0.393 e. The molecule has 0 spiro atoms. The zero-order valence-corrected chi connectivity index (χ0v) is 11.4. The summed E-state index contributed by atoms with van der Waals surface area (Å²) in [6.45, 7) is 7.25. The highest BCUT2D eigenvalue weighted by Crippen LogP contribution is 2.00. The van der Waals surface area contributed by atoms with E-state index in [1.165, 1.54) is 0 Å². The van der Waals surface area contributed by atoms with Crippen LogP contribution in [-0.2, 0) is 6.54 Å². The van der Waals surface area contributed by atoms with Crippen molar-refractivity contribution in [3.05, 3.63) is 22.7 Å². The fourth-order valence-corrected chi connectivity index (χ4v) is 1.71. The highest BCUT2D eigenvalue weighted by Gasteiger charge is 2.05. The van der Waals surface area contributed by atoms with E-state index >= 15 is 0 Å². The van der Waals surface area contributed by atoms with Crippen LogP contribution in [0.2, 0.25) is 0 Å². The van der Waals surface area contributed by atoms with Gasteiger partial charge in [-0.15, -0.1) is 0 Å². The summed E-state index contributed by atoms with van der Waals surface area (Å²) in [7, 11) is 0. The molecular formula is C13H23N3O2. The molecule has 2 N–H and O–H groups in total. The number of hydrogen-bond donors (Lipinski definition) is 2. The molecule has 102 valence electrons. The van der Waals surface area contributed by atoms with E-state index in [4.69, 9.17) is 5.11 Å². The number of aliphatic hydroxyl groups excluding tert-OH is 1. The van der Waals surface area contributed by atoms with Gasteiger partial charge in [-0.3, -0.25) is 4.79 Å². The highest BCUT2D eigenvalue weighted by atomic mass is 16.3. The van der Waals surface area contributed by atoms with Crippen molar-refractivity contribution in [2.45, 2.75) is 46.3 Å². The van der Waals surface area contributed by atoms with Crippen LogP contribution in [0.25, 0.3) is 0 Å². The van der Waals surface area contributed by atoms with Crippen molar-refractivity contribution in [1.82, 2.24) is 9.55 Å². The predicted molar refractivity (Wildman–Crippen MR) is 72.7 cm³/mol. The van der Waals surface area contributed by atoms with Gasteiger partial charge < -0.3 is 15.0 Å². The van der Waals surface area contributed by atoms with Gasteiger partial charge in [0.25, 0.3) is 5.56 Å². The van der Waals surface area contributed by atoms with Crippen molar-refractivity contribution in [1.29, 1.82) is 0 Å². The Hall–Kier alpha value is -1.36. The largest absolute Gasteiger partial charge is 0.393 e. The molecule has 0 aliphatic rings. The fraction of sp³-hybridized carbons (Fsp3) is 0.692. The second kappa shape index (κ2) is 7.16. The van der Waals surface area contributed by atoms with Crippen molar-refractivity contribution in [3.8, 4) is 0 Å². The minimum atomic E-state index is -0.298. The van der Waals surface area contributed by atoms with Crippen LogP contribution >= 0.6 is 0 Å². The van der Waals surface area contributed by atoms with Crippen molar-refractivity contribution in [3.63, 3.8) is 0 Å². The van der Waals surface area contributed by atoms with Crippen LogP contribution in [0.3, 0.4) is 0 Å². The molecule has 1 unspecified atom stereocenters. The molecule has 1 atom stereocenters. The van der Waals surface area contributed by atoms with Crippen LogP contribution in [0.4, 0.5) is 5.82 Å². The average Bonchev–Trinajstić information content (AvgIpc) is 2.28. The Labute approximate surface area is 108 Å². The summed E-state index contributed by atoms with van der Waals surface area (Å²) in [5, 5.41) is 12.2. The Morgan fingerprint density at radius 3 is 2.78 bits per heavy atom. The monoisotopic (exact) mass is 253 g/mol. The first kappa shape index (κ1) is 14.7. The third-order valence-electron chi connectivity index (χ3n) is 2.57. The Kier molecular flexibility index (Phi) is 5.85. The fourth-order valence-electron chi connectivity index (χ4n) is 1.71. The molecule has 1 rings (SSSR count). The maximum Gasteiger partial charge on any atom is 0.293 e. The van der Waals surface area contributed by atoms with Crippen molar-refractivity contribution in [2.75, 3.05) is 11.9 Å². The molecule has 0 amide bonds. The molecule has 0 aromatic carbocycles. The summed E-state index contributed by atoms with van der Waals surface area (Å²) in [4.78, 5) is 16.1. The van der Waals surface area contributed by atoms with Gasteiger partial charge >= 0.3 is 0 Å². The van der Waals surface area contributed by atoms with Gasteiger partial charge in [0.2, 0.25) is 0 Å². The van der Waals surface area contributed by atoms with Crippen molar-refractivity contribution < 1.29 is 5.11 Å². The van der Waals surface area contributed by atoms with E-state index in [9.17, 15) is 4.79 Å². The second-order valence-corrected chi connectivity index (χ2v) is 5.05. The number of hydrogen-bond acceptors (Lipinski definition) is 4. The molecule has 1 heterocycles. The third-order valence-corrected chi connectivity index (χ3v) is 2.57. The number of rotatable bonds is 7. The molecule has 0 saturated carbocycles. The average molecular weight is 253 g/mol. The van der Waals surface area contributed by atoms with Crippen molar-refractivity contribution in [2.24, 2.45) is 5.92 Å². The molecule has 0 radical (unpaired) electrons. The van der Waals surface area contributed by atoms with E-state index in [1.807, 2.05) is 0 Å². The number of aromatic nitrogens is 2. The Morgan fingerprint density at radius 1 is 1.44 bits per heavy atom. The van der Waals surface area contributed by atoms with Crippen LogP contribution < -0.4 is 10.9 Å². The standard InChI is InChI=1S/C13H23N3O2/c1-10(2)9-16-8-7-15-12(13(16)18)14-6-4-5-11(3)17/h7-8,10-11,17H,4-6,9H2,1-3H3,(H,14,15). The normalized spacial score (nSPS) is 12.7. The highest BCUT2D eigenvalue weighted by molar-refractivity contribution is 5.30. The summed E-state index contributed by atoms with van der Waals surface area (Å²) in [5.41, 5.74) is -0.0803. The molecular weight excluding hydrogens is 230 g/mol. The van der Waals surface area contributed by atoms with E-state index in [1.54, 1.807) is 23.9 Å².